The maximum atomic E-state index is 9.68. The normalized spacial score (nSPS) is 6.67. The Kier molecular flexibility index (Phi) is 5.90. The van der Waals surface area contributed by atoms with Gasteiger partial charge < -0.3 is 5.41 Å². The van der Waals surface area contributed by atoms with Gasteiger partial charge in [0.05, 0.1) is 5.69 Å². The lowest BCUT2D eigenvalue weighted by Crippen LogP contribution is -1.59. The molecule has 0 aliphatic heterocycles. The molecule has 60 valence electrons. The second-order valence-corrected chi connectivity index (χ2v) is 1.63. The van der Waals surface area contributed by atoms with Crippen LogP contribution in [0.5, 0.6) is 0 Å². The van der Waals surface area contributed by atoms with Crippen molar-refractivity contribution < 1.29 is 9.59 Å². The zero-order valence-electron chi connectivity index (χ0n) is 6.10. The summed E-state index contributed by atoms with van der Waals surface area (Å²) in [6.07, 6.45) is 1.96. The van der Waals surface area contributed by atoms with E-state index in [2.05, 4.69) is 4.99 Å². The van der Waals surface area contributed by atoms with Gasteiger partial charge in [0.25, 0.3) is 0 Å². The fourth-order valence-electron chi connectivity index (χ4n) is 0.555. The number of carbonyl (C=O) groups excluding carboxylic acids is 2. The lowest BCUT2D eigenvalue weighted by molar-refractivity contribution is 0.565. The number of rotatable bonds is 1. The summed E-state index contributed by atoms with van der Waals surface area (Å²) in [5.41, 5.74) is 0.646. The third kappa shape index (κ3) is 4.82. The smallest absolute Gasteiger partial charge is 0.240 e. The van der Waals surface area contributed by atoms with Crippen molar-refractivity contribution in [3.63, 3.8) is 0 Å². The molecule has 0 atom stereocenters. The Bertz CT molecular complexity index is 296. The first kappa shape index (κ1) is 9.98. The molecule has 0 bridgehead atoms. The van der Waals surface area contributed by atoms with Gasteiger partial charge in [-0.15, -0.1) is 0 Å². The molecule has 0 fully saturated rings. The van der Waals surface area contributed by atoms with E-state index < -0.39 is 0 Å². The summed E-state index contributed by atoms with van der Waals surface area (Å²) in [7, 11) is 0. The van der Waals surface area contributed by atoms with Crippen LogP contribution in [0.25, 0.3) is 5.41 Å². The monoisotopic (exact) mass is 161 g/mol. The Morgan fingerprint density at radius 3 is 2.08 bits per heavy atom. The van der Waals surface area contributed by atoms with Gasteiger partial charge in [-0.25, -0.2) is 4.79 Å². The van der Waals surface area contributed by atoms with E-state index in [-0.39, 0.29) is 0 Å². The number of isocyanates is 2. The lowest BCUT2D eigenvalue weighted by atomic mass is 10.3. The summed E-state index contributed by atoms with van der Waals surface area (Å²) in [4.78, 5) is 21.3. The van der Waals surface area contributed by atoms with Crippen molar-refractivity contribution >= 4 is 17.8 Å². The number of benzene rings is 1. The number of nitrogens with zero attached hydrogens (tertiary/aromatic N) is 2. The Labute approximate surface area is 69.1 Å². The van der Waals surface area contributed by atoms with Crippen LogP contribution >= 0.6 is 0 Å². The fraction of sp³-hybridized carbons (Fsp3) is 0. The highest BCUT2D eigenvalue weighted by Crippen LogP contribution is 2.06. The molecule has 0 heterocycles. The fourth-order valence-corrected chi connectivity index (χ4v) is 0.555. The van der Waals surface area contributed by atoms with Crippen molar-refractivity contribution in [1.29, 1.82) is 0 Å². The first-order chi connectivity index (χ1) is 5.85. The van der Waals surface area contributed by atoms with Crippen molar-refractivity contribution in [3.8, 4) is 0 Å². The average Bonchev–Trinajstić information content (AvgIpc) is 2.08. The van der Waals surface area contributed by atoms with Gasteiger partial charge in [-0.2, -0.15) is 4.99 Å². The van der Waals surface area contributed by atoms with Crippen molar-refractivity contribution in [2.45, 2.75) is 0 Å². The molecular formula is C8H5N2O2-. The SMILES string of the molecule is O=C=Nc1ccccc1.[N-]=C=O. The van der Waals surface area contributed by atoms with Gasteiger partial charge in [0.2, 0.25) is 6.08 Å². The van der Waals surface area contributed by atoms with E-state index in [1.807, 2.05) is 18.2 Å². The zero-order valence-corrected chi connectivity index (χ0v) is 6.10. The topological polar surface area (TPSA) is 68.8 Å². The van der Waals surface area contributed by atoms with E-state index in [1.54, 1.807) is 12.1 Å². The summed E-state index contributed by atoms with van der Waals surface area (Å²) in [5.74, 6) is 0. The molecule has 1 rings (SSSR count). The molecule has 1 aromatic carbocycles. The summed E-state index contributed by atoms with van der Waals surface area (Å²) in [6.45, 7) is 0. The van der Waals surface area contributed by atoms with Gasteiger partial charge >= 0.3 is 0 Å². The van der Waals surface area contributed by atoms with E-state index in [0.717, 1.165) is 0 Å². The minimum absolute atomic E-state index is 0.500. The van der Waals surface area contributed by atoms with E-state index >= 15 is 0 Å². The zero-order chi connectivity index (χ0) is 9.23. The predicted molar refractivity (Wildman–Crippen MR) is 43.3 cm³/mol. The third-order valence-electron chi connectivity index (χ3n) is 0.931. The molecule has 0 spiro atoms. The Balaban J connectivity index is 0.000000354. The second-order valence-electron chi connectivity index (χ2n) is 1.63. The van der Waals surface area contributed by atoms with Crippen LogP contribution in [0.15, 0.2) is 35.3 Å². The van der Waals surface area contributed by atoms with Crippen LogP contribution < -0.4 is 0 Å². The molecule has 0 aromatic heterocycles. The molecular weight excluding hydrogens is 156 g/mol. The van der Waals surface area contributed by atoms with Crippen molar-refractivity contribution in [3.05, 3.63) is 35.7 Å². The maximum Gasteiger partial charge on any atom is 0.240 e. The highest BCUT2D eigenvalue weighted by Gasteiger charge is 1.79. The molecule has 0 radical (unpaired) electrons. The number of hydrogen-bond acceptors (Lipinski definition) is 3. The maximum absolute atomic E-state index is 9.68. The quantitative estimate of drug-likeness (QED) is 0.463. The first-order valence-electron chi connectivity index (χ1n) is 2.99. The van der Waals surface area contributed by atoms with E-state index in [9.17, 15) is 4.79 Å². The second kappa shape index (κ2) is 7.09. The molecule has 0 saturated carbocycles. The largest absolute Gasteiger partial charge is 0.724 e. The summed E-state index contributed by atoms with van der Waals surface area (Å²) >= 11 is 0. The Hall–Kier alpha value is -2.02. The summed E-state index contributed by atoms with van der Waals surface area (Å²) < 4.78 is 0. The Morgan fingerprint density at radius 2 is 1.67 bits per heavy atom. The van der Waals surface area contributed by atoms with Crippen LogP contribution in [0.2, 0.25) is 0 Å². The predicted octanol–water partition coefficient (Wildman–Crippen LogP) is 1.55. The standard InChI is InChI=1S/C7H5NO.CNO/c9-6-8-7-4-2-1-3-5-7;2-1-3/h1-5H;/q;-1. The molecule has 4 heteroatoms. The van der Waals surface area contributed by atoms with Crippen LogP contribution in [0.1, 0.15) is 0 Å². The molecule has 0 unspecified atom stereocenters. The van der Waals surface area contributed by atoms with Crippen LogP contribution in [-0.4, -0.2) is 12.2 Å². The molecule has 0 saturated heterocycles. The highest BCUT2D eigenvalue weighted by atomic mass is 16.1. The van der Waals surface area contributed by atoms with Gasteiger partial charge in [0.1, 0.15) is 0 Å². The Morgan fingerprint density at radius 1 is 1.17 bits per heavy atom. The minimum atomic E-state index is 0.500. The van der Waals surface area contributed by atoms with Gasteiger partial charge in [-0.1, -0.05) is 18.2 Å². The summed E-state index contributed by atoms with van der Waals surface area (Å²) in [5, 5.41) is 6.76. The van der Waals surface area contributed by atoms with E-state index in [1.165, 1.54) is 6.08 Å². The molecule has 12 heavy (non-hydrogen) atoms. The van der Waals surface area contributed by atoms with Crippen molar-refractivity contribution in [2.75, 3.05) is 0 Å². The van der Waals surface area contributed by atoms with Crippen molar-refractivity contribution in [1.82, 2.24) is 0 Å². The minimum Gasteiger partial charge on any atom is -0.724 e. The number of para-hydroxylation sites is 1. The van der Waals surface area contributed by atoms with Gasteiger partial charge in [-0.3, -0.25) is 4.79 Å². The van der Waals surface area contributed by atoms with Crippen LogP contribution in [0, 0.1) is 0 Å². The molecule has 0 amide bonds. The van der Waals surface area contributed by atoms with Gasteiger partial charge in [-0.05, 0) is 18.2 Å². The first-order valence-corrected chi connectivity index (χ1v) is 2.99. The average molecular weight is 161 g/mol. The molecule has 1 aromatic rings. The summed E-state index contributed by atoms with van der Waals surface area (Å²) in [6, 6.07) is 8.98. The van der Waals surface area contributed by atoms with E-state index in [4.69, 9.17) is 10.2 Å². The highest BCUT2D eigenvalue weighted by molar-refractivity contribution is 5.47. The van der Waals surface area contributed by atoms with E-state index in [0.29, 0.717) is 11.8 Å². The molecule has 4 nitrogen and oxygen atoms in total. The van der Waals surface area contributed by atoms with Gasteiger partial charge in [0.15, 0.2) is 0 Å². The molecule has 0 N–H and O–H groups in total. The lowest BCUT2D eigenvalue weighted by Gasteiger charge is -1.83. The van der Waals surface area contributed by atoms with Crippen LogP contribution in [-0.2, 0) is 9.59 Å². The van der Waals surface area contributed by atoms with Crippen LogP contribution in [0.3, 0.4) is 0 Å². The third-order valence-corrected chi connectivity index (χ3v) is 0.931. The van der Waals surface area contributed by atoms with Gasteiger partial charge in [0, 0.05) is 0 Å². The van der Waals surface area contributed by atoms with Crippen LogP contribution in [0.4, 0.5) is 5.69 Å². The molecule has 0 aliphatic carbocycles. The molecule has 0 aliphatic rings. The number of aliphatic imine (C=N–C) groups is 1. The van der Waals surface area contributed by atoms with Crippen molar-refractivity contribution in [2.24, 2.45) is 4.99 Å². The number of hydrogen-bond donors (Lipinski definition) is 0.